The van der Waals surface area contributed by atoms with E-state index in [0.717, 1.165) is 22.5 Å². The summed E-state index contributed by atoms with van der Waals surface area (Å²) in [6, 6.07) is 21.9. The van der Waals surface area contributed by atoms with E-state index in [2.05, 4.69) is 9.55 Å². The molecule has 0 saturated carbocycles. The summed E-state index contributed by atoms with van der Waals surface area (Å²) in [5.74, 6) is 0.654. The zero-order valence-corrected chi connectivity index (χ0v) is 16.7. The normalized spacial score (nSPS) is 11.0. The highest BCUT2D eigenvalue weighted by atomic mass is 32.2. The maximum atomic E-state index is 13.6. The van der Waals surface area contributed by atoms with Crippen molar-refractivity contribution in [3.05, 3.63) is 90.0 Å². The molecule has 0 bridgehead atoms. The van der Waals surface area contributed by atoms with Crippen LogP contribution in [-0.2, 0) is 4.74 Å². The van der Waals surface area contributed by atoms with Gasteiger partial charge in [0.15, 0.2) is 0 Å². The number of ether oxygens (including phenoxy) is 1. The number of fused-ring (bicyclic) bond motifs is 1. The SMILES string of the molecule is Cc1nc2cc(C(=O)OCCSc3ccccc3F)ccc2n1-c1ccccc1. The number of aromatic nitrogens is 2. The van der Waals surface area contributed by atoms with Crippen molar-refractivity contribution < 1.29 is 13.9 Å². The van der Waals surface area contributed by atoms with Gasteiger partial charge in [-0.2, -0.15) is 0 Å². The maximum Gasteiger partial charge on any atom is 0.338 e. The molecular weight excluding hydrogens is 387 g/mol. The molecule has 3 aromatic carbocycles. The topological polar surface area (TPSA) is 44.1 Å². The minimum atomic E-state index is -0.409. The van der Waals surface area contributed by atoms with E-state index in [9.17, 15) is 9.18 Å². The molecule has 146 valence electrons. The van der Waals surface area contributed by atoms with E-state index in [1.807, 2.05) is 43.3 Å². The van der Waals surface area contributed by atoms with Crippen LogP contribution in [0.2, 0.25) is 0 Å². The van der Waals surface area contributed by atoms with Crippen LogP contribution in [0.4, 0.5) is 4.39 Å². The number of nitrogens with zero attached hydrogens (tertiary/aromatic N) is 2. The third kappa shape index (κ3) is 4.17. The molecule has 4 aromatic rings. The number of aryl methyl sites for hydroxylation is 1. The fourth-order valence-corrected chi connectivity index (χ4v) is 3.93. The summed E-state index contributed by atoms with van der Waals surface area (Å²) >= 11 is 1.32. The van der Waals surface area contributed by atoms with Gasteiger partial charge in [-0.3, -0.25) is 4.57 Å². The molecule has 4 rings (SSSR count). The van der Waals surface area contributed by atoms with Crippen LogP contribution in [0.1, 0.15) is 16.2 Å². The Kier molecular flexibility index (Phi) is 5.62. The van der Waals surface area contributed by atoms with Gasteiger partial charge in [0.25, 0.3) is 0 Å². The molecule has 0 radical (unpaired) electrons. The highest BCUT2D eigenvalue weighted by molar-refractivity contribution is 7.99. The van der Waals surface area contributed by atoms with Gasteiger partial charge in [-0.15, -0.1) is 11.8 Å². The molecule has 0 spiro atoms. The number of halogens is 1. The molecule has 29 heavy (non-hydrogen) atoms. The van der Waals surface area contributed by atoms with E-state index in [-0.39, 0.29) is 12.4 Å². The van der Waals surface area contributed by atoms with E-state index in [0.29, 0.717) is 16.2 Å². The Morgan fingerprint density at radius 2 is 1.83 bits per heavy atom. The number of hydrogen-bond acceptors (Lipinski definition) is 4. The van der Waals surface area contributed by atoms with Crippen LogP contribution in [0.25, 0.3) is 16.7 Å². The van der Waals surface area contributed by atoms with Crippen molar-refractivity contribution in [1.82, 2.24) is 9.55 Å². The molecule has 4 nitrogen and oxygen atoms in total. The van der Waals surface area contributed by atoms with Crippen molar-refractivity contribution in [3.63, 3.8) is 0 Å². The molecule has 0 saturated heterocycles. The van der Waals surface area contributed by atoms with Gasteiger partial charge in [-0.1, -0.05) is 30.3 Å². The average Bonchev–Trinajstić information content (AvgIpc) is 3.07. The van der Waals surface area contributed by atoms with Crippen LogP contribution in [-0.4, -0.2) is 27.9 Å². The summed E-state index contributed by atoms with van der Waals surface area (Å²) in [5.41, 5.74) is 3.14. The van der Waals surface area contributed by atoms with Crippen LogP contribution >= 0.6 is 11.8 Å². The average molecular weight is 406 g/mol. The van der Waals surface area contributed by atoms with Crippen molar-refractivity contribution in [2.24, 2.45) is 0 Å². The van der Waals surface area contributed by atoms with Gasteiger partial charge in [0.2, 0.25) is 0 Å². The Morgan fingerprint density at radius 1 is 1.07 bits per heavy atom. The van der Waals surface area contributed by atoms with E-state index in [1.54, 1.807) is 30.3 Å². The fourth-order valence-electron chi connectivity index (χ4n) is 3.16. The van der Waals surface area contributed by atoms with Crippen molar-refractivity contribution in [2.75, 3.05) is 12.4 Å². The summed E-state index contributed by atoms with van der Waals surface area (Å²) < 4.78 is 21.0. The second kappa shape index (κ2) is 8.49. The van der Waals surface area contributed by atoms with Crippen molar-refractivity contribution in [1.29, 1.82) is 0 Å². The Bertz CT molecular complexity index is 1160. The Balaban J connectivity index is 1.44. The quantitative estimate of drug-likeness (QED) is 0.244. The highest BCUT2D eigenvalue weighted by Crippen LogP contribution is 2.23. The lowest BCUT2D eigenvalue weighted by Gasteiger charge is -2.07. The predicted molar refractivity (Wildman–Crippen MR) is 113 cm³/mol. The molecule has 0 atom stereocenters. The summed E-state index contributed by atoms with van der Waals surface area (Å²) in [6.07, 6.45) is 0. The standard InChI is InChI=1S/C23H19FN2O2S/c1-16-25-20-15-17(11-12-21(20)26(16)18-7-3-2-4-8-18)23(27)28-13-14-29-22-10-6-5-9-19(22)24/h2-12,15H,13-14H2,1H3. The molecule has 0 N–H and O–H groups in total. The fraction of sp³-hybridized carbons (Fsp3) is 0.130. The van der Waals surface area contributed by atoms with Crippen molar-refractivity contribution >= 4 is 28.8 Å². The zero-order valence-electron chi connectivity index (χ0n) is 15.8. The van der Waals surface area contributed by atoms with Crippen LogP contribution in [0, 0.1) is 12.7 Å². The number of benzene rings is 3. The minimum Gasteiger partial charge on any atom is -0.461 e. The van der Waals surface area contributed by atoms with Gasteiger partial charge >= 0.3 is 5.97 Å². The van der Waals surface area contributed by atoms with Crippen LogP contribution in [0.15, 0.2) is 77.7 Å². The summed E-state index contributed by atoms with van der Waals surface area (Å²) in [6.45, 7) is 2.14. The lowest BCUT2D eigenvalue weighted by atomic mass is 10.2. The second-order valence-electron chi connectivity index (χ2n) is 6.45. The molecule has 1 aromatic heterocycles. The Labute approximate surface area is 172 Å². The zero-order chi connectivity index (χ0) is 20.2. The summed E-state index contributed by atoms with van der Waals surface area (Å²) in [4.78, 5) is 17.5. The van der Waals surface area contributed by atoms with Gasteiger partial charge in [0.05, 0.1) is 16.6 Å². The molecule has 0 unspecified atom stereocenters. The number of thioether (sulfide) groups is 1. The second-order valence-corrected chi connectivity index (χ2v) is 7.59. The van der Waals surface area contributed by atoms with Gasteiger partial charge in [0, 0.05) is 16.3 Å². The van der Waals surface area contributed by atoms with Crippen molar-refractivity contribution in [2.45, 2.75) is 11.8 Å². The maximum absolute atomic E-state index is 13.6. The molecule has 0 aliphatic heterocycles. The van der Waals surface area contributed by atoms with Gasteiger partial charge in [-0.25, -0.2) is 14.2 Å². The van der Waals surface area contributed by atoms with E-state index < -0.39 is 5.97 Å². The van der Waals surface area contributed by atoms with Crippen LogP contribution in [0.3, 0.4) is 0 Å². The predicted octanol–water partition coefficient (Wildman–Crippen LogP) is 5.42. The number of carbonyl (C=O) groups excluding carboxylic acids is 1. The molecular formula is C23H19FN2O2S. The van der Waals surface area contributed by atoms with Gasteiger partial charge in [0.1, 0.15) is 18.2 Å². The molecule has 6 heteroatoms. The number of hydrogen-bond donors (Lipinski definition) is 0. The minimum absolute atomic E-state index is 0.202. The van der Waals surface area contributed by atoms with Gasteiger partial charge in [-0.05, 0) is 49.4 Å². The van der Waals surface area contributed by atoms with Crippen LogP contribution in [0.5, 0.6) is 0 Å². The summed E-state index contributed by atoms with van der Waals surface area (Å²) in [7, 11) is 0. The molecule has 1 heterocycles. The first-order valence-corrected chi connectivity index (χ1v) is 10.2. The third-order valence-electron chi connectivity index (χ3n) is 4.48. The van der Waals surface area contributed by atoms with Crippen molar-refractivity contribution in [3.8, 4) is 5.69 Å². The largest absolute Gasteiger partial charge is 0.461 e. The lowest BCUT2D eigenvalue weighted by molar-refractivity contribution is 0.0530. The van der Waals surface area contributed by atoms with E-state index in [1.165, 1.54) is 17.8 Å². The summed E-state index contributed by atoms with van der Waals surface area (Å²) in [5, 5.41) is 0. The van der Waals surface area contributed by atoms with E-state index >= 15 is 0 Å². The molecule has 0 fully saturated rings. The third-order valence-corrected chi connectivity index (χ3v) is 5.50. The number of rotatable bonds is 6. The molecule has 0 amide bonds. The highest BCUT2D eigenvalue weighted by Gasteiger charge is 2.13. The first kappa shape index (κ1) is 19.2. The van der Waals surface area contributed by atoms with Crippen LogP contribution < -0.4 is 0 Å². The Morgan fingerprint density at radius 3 is 2.62 bits per heavy atom. The monoisotopic (exact) mass is 406 g/mol. The van der Waals surface area contributed by atoms with Gasteiger partial charge < -0.3 is 4.74 Å². The number of imidazole rings is 1. The number of para-hydroxylation sites is 1. The molecule has 0 aliphatic rings. The first-order chi connectivity index (χ1) is 14.1. The van der Waals surface area contributed by atoms with E-state index in [4.69, 9.17) is 4.74 Å². The first-order valence-electron chi connectivity index (χ1n) is 9.22. The number of carbonyl (C=O) groups is 1. The number of esters is 1. The lowest BCUT2D eigenvalue weighted by Crippen LogP contribution is -2.08. The smallest absolute Gasteiger partial charge is 0.338 e. The Hall–Kier alpha value is -3.12. The molecule has 0 aliphatic carbocycles.